The Morgan fingerprint density at radius 2 is 1.80 bits per heavy atom. The molecule has 0 spiro atoms. The Hall–Kier alpha value is -6.76. The number of rotatable bonds is 13. The van der Waals surface area contributed by atoms with Gasteiger partial charge in [-0.05, 0) is 86.7 Å². The molecule has 0 aliphatic carbocycles. The Balaban J connectivity index is 0.850. The van der Waals surface area contributed by atoms with E-state index in [1.165, 1.54) is 25.2 Å². The normalized spacial score (nSPS) is 17.8. The third-order valence-electron chi connectivity index (χ3n) is 12.0. The molecule has 0 bridgehead atoms. The summed E-state index contributed by atoms with van der Waals surface area (Å²) < 4.78 is 66.5. The maximum atomic E-state index is 15.3. The number of nitriles is 1. The van der Waals surface area contributed by atoms with Gasteiger partial charge in [-0.3, -0.25) is 34.3 Å². The molecule has 3 fully saturated rings. The van der Waals surface area contributed by atoms with Crippen LogP contribution in [0.1, 0.15) is 56.1 Å². The van der Waals surface area contributed by atoms with Crippen molar-refractivity contribution >= 4 is 56.0 Å². The van der Waals surface area contributed by atoms with E-state index in [4.69, 9.17) is 9.72 Å². The number of nitrogens with one attached hydrogen (secondary N) is 3. The SMILES string of the molecule is CCN(C)S(=O)(=O)Nc1ccc(F)c(Oc2ccc3ncc(-n4cc(N5CCCN(C(=O)CN6CCC(c7ccc(NC8CCC(=O)NC8=O)cc7F)CC6)CC5)cn4)nc3c2)c1C#N. The van der Waals surface area contributed by atoms with Crippen LogP contribution < -0.4 is 25.0 Å². The van der Waals surface area contributed by atoms with E-state index in [0.29, 0.717) is 86.6 Å². The molecule has 3 aromatic carbocycles. The third-order valence-corrected chi connectivity index (χ3v) is 13.6. The predicted molar refractivity (Wildman–Crippen MR) is 237 cm³/mol. The fourth-order valence-electron chi connectivity index (χ4n) is 8.21. The van der Waals surface area contributed by atoms with Gasteiger partial charge < -0.3 is 19.9 Å². The molecule has 18 nitrogen and oxygen atoms in total. The molecule has 3 aliphatic rings. The zero-order valence-corrected chi connectivity index (χ0v) is 36.7. The quantitative estimate of drug-likeness (QED) is 0.139. The Morgan fingerprint density at radius 1 is 0.985 bits per heavy atom. The summed E-state index contributed by atoms with van der Waals surface area (Å²) in [6, 6.07) is 13.1. The van der Waals surface area contributed by atoms with Crippen molar-refractivity contribution in [3.05, 3.63) is 89.9 Å². The monoisotopic (exact) mass is 910 g/mol. The van der Waals surface area contributed by atoms with E-state index in [2.05, 4.69) is 35.2 Å². The number of hydrogen-bond acceptors (Lipinski definition) is 13. The molecule has 5 aromatic rings. The Labute approximate surface area is 374 Å². The lowest BCUT2D eigenvalue weighted by Crippen LogP contribution is -2.47. The van der Waals surface area contributed by atoms with E-state index >= 15 is 8.78 Å². The summed E-state index contributed by atoms with van der Waals surface area (Å²) in [7, 11) is -2.64. The summed E-state index contributed by atoms with van der Waals surface area (Å²) in [5.74, 6) is -1.78. The largest absolute Gasteiger partial charge is 0.453 e. The topological polar surface area (TPSA) is 211 Å². The van der Waals surface area contributed by atoms with Crippen LogP contribution in [0.4, 0.5) is 25.8 Å². The summed E-state index contributed by atoms with van der Waals surface area (Å²) >= 11 is 0. The zero-order valence-electron chi connectivity index (χ0n) is 35.8. The highest BCUT2D eigenvalue weighted by molar-refractivity contribution is 7.90. The van der Waals surface area contributed by atoms with Crippen LogP contribution >= 0.6 is 0 Å². The summed E-state index contributed by atoms with van der Waals surface area (Å²) in [5, 5.41) is 19.8. The van der Waals surface area contributed by atoms with E-state index in [0.717, 1.165) is 28.5 Å². The van der Waals surface area contributed by atoms with Crippen molar-refractivity contribution in [2.45, 2.75) is 51.0 Å². The van der Waals surface area contributed by atoms with Gasteiger partial charge in [-0.15, -0.1) is 0 Å². The van der Waals surface area contributed by atoms with Gasteiger partial charge >= 0.3 is 10.2 Å². The molecule has 3 N–H and O–H groups in total. The lowest BCUT2D eigenvalue weighted by Gasteiger charge is -2.33. The van der Waals surface area contributed by atoms with Crippen molar-refractivity contribution in [1.82, 2.24) is 39.2 Å². The molecule has 3 aliphatic heterocycles. The average Bonchev–Trinajstić information content (AvgIpc) is 3.66. The number of hydrogen-bond donors (Lipinski definition) is 3. The molecule has 2 aromatic heterocycles. The van der Waals surface area contributed by atoms with Gasteiger partial charge in [0.25, 0.3) is 0 Å². The fraction of sp³-hybridized carbons (Fsp3) is 0.386. The van der Waals surface area contributed by atoms with Crippen LogP contribution in [0.5, 0.6) is 11.5 Å². The number of aromatic nitrogens is 4. The molecule has 0 radical (unpaired) electrons. The number of likely N-dealkylation sites (tertiary alicyclic amines) is 1. The molecule has 3 saturated heterocycles. The Morgan fingerprint density at radius 3 is 2.55 bits per heavy atom. The minimum absolute atomic E-state index is 0.0103. The molecule has 1 atom stereocenters. The Bertz CT molecular complexity index is 2780. The molecular weight excluding hydrogens is 863 g/mol. The minimum Gasteiger partial charge on any atom is -0.453 e. The molecule has 0 saturated carbocycles. The first-order valence-electron chi connectivity index (χ1n) is 21.4. The molecule has 3 amide bonds. The van der Waals surface area contributed by atoms with Gasteiger partial charge in [0.1, 0.15) is 29.2 Å². The van der Waals surface area contributed by atoms with E-state index in [-0.39, 0.29) is 60.1 Å². The summed E-state index contributed by atoms with van der Waals surface area (Å²) in [6.07, 6.45) is 7.89. The standard InChI is InChI=1S/C44H48F2N12O6S/c1-3-54(2)65(62,63)53-36-10-8-34(45)43(33(36)23-47)64-31-6-9-37-39(22-31)51-40(25-48-37)58-26-30(24-49-58)56-15-4-16-57(20-19-56)42(60)27-55-17-13-28(14-18-55)32-7-5-29(21-35(32)46)50-38-11-12-41(59)52-44(38)61/h5-10,21-22,24-26,28,38,50,53H,3-4,11-20,27H2,1-2H3,(H,52,59,61). The Kier molecular flexibility index (Phi) is 13.2. The lowest BCUT2D eigenvalue weighted by molar-refractivity contribution is -0.134. The molecule has 5 heterocycles. The number of carbonyl (C=O) groups is 3. The molecule has 8 rings (SSSR count). The lowest BCUT2D eigenvalue weighted by atomic mass is 9.89. The number of anilines is 3. The van der Waals surface area contributed by atoms with Crippen LogP contribution in [-0.4, -0.2) is 125 Å². The number of fused-ring (bicyclic) bond motifs is 1. The van der Waals surface area contributed by atoms with Gasteiger partial charge in [0, 0.05) is 57.9 Å². The molecular formula is C44H48F2N12O6S. The second kappa shape index (κ2) is 19.1. The van der Waals surface area contributed by atoms with Crippen molar-refractivity contribution in [3.63, 3.8) is 0 Å². The first kappa shape index (κ1) is 44.8. The van der Waals surface area contributed by atoms with Crippen LogP contribution in [0.25, 0.3) is 16.9 Å². The third kappa shape index (κ3) is 10.1. The fourth-order valence-corrected chi connectivity index (χ4v) is 9.16. The van der Waals surface area contributed by atoms with Crippen molar-refractivity contribution in [3.8, 4) is 23.4 Å². The van der Waals surface area contributed by atoms with Crippen LogP contribution in [-0.2, 0) is 24.6 Å². The van der Waals surface area contributed by atoms with E-state index < -0.39 is 33.7 Å². The molecule has 1 unspecified atom stereocenters. The minimum atomic E-state index is -4.00. The molecule has 65 heavy (non-hydrogen) atoms. The van der Waals surface area contributed by atoms with Crippen LogP contribution in [0.3, 0.4) is 0 Å². The van der Waals surface area contributed by atoms with E-state index in [9.17, 15) is 28.1 Å². The maximum Gasteiger partial charge on any atom is 0.301 e. The van der Waals surface area contributed by atoms with Crippen molar-refractivity contribution in [2.24, 2.45) is 0 Å². The van der Waals surface area contributed by atoms with Gasteiger partial charge in [-0.2, -0.15) is 23.1 Å². The second-order valence-electron chi connectivity index (χ2n) is 16.2. The number of imide groups is 1. The number of benzene rings is 3. The zero-order chi connectivity index (χ0) is 45.8. The number of ether oxygens (including phenoxy) is 1. The summed E-state index contributed by atoms with van der Waals surface area (Å²) in [6.45, 7) is 5.87. The van der Waals surface area contributed by atoms with Gasteiger partial charge in [-0.25, -0.2) is 18.4 Å². The number of nitrogens with zero attached hydrogens (tertiary/aromatic N) is 9. The van der Waals surface area contributed by atoms with Crippen LogP contribution in [0.2, 0.25) is 0 Å². The maximum absolute atomic E-state index is 15.3. The number of piperidine rings is 2. The van der Waals surface area contributed by atoms with Crippen LogP contribution in [0, 0.1) is 23.0 Å². The smallest absolute Gasteiger partial charge is 0.301 e. The van der Waals surface area contributed by atoms with Gasteiger partial charge in [0.05, 0.1) is 47.5 Å². The van der Waals surface area contributed by atoms with Gasteiger partial charge in [-0.1, -0.05) is 13.0 Å². The van der Waals surface area contributed by atoms with Crippen molar-refractivity contribution in [1.29, 1.82) is 5.26 Å². The van der Waals surface area contributed by atoms with E-state index in [1.807, 2.05) is 17.2 Å². The molecule has 21 heteroatoms. The molecule has 340 valence electrons. The highest BCUT2D eigenvalue weighted by Gasteiger charge is 2.29. The highest BCUT2D eigenvalue weighted by Crippen LogP contribution is 2.35. The summed E-state index contributed by atoms with van der Waals surface area (Å²) in [5.41, 5.74) is 2.39. The average molecular weight is 911 g/mol. The van der Waals surface area contributed by atoms with Crippen molar-refractivity contribution < 1.29 is 36.3 Å². The van der Waals surface area contributed by atoms with Gasteiger partial charge in [0.15, 0.2) is 17.4 Å². The highest BCUT2D eigenvalue weighted by atomic mass is 32.2. The van der Waals surface area contributed by atoms with E-state index in [1.54, 1.807) is 42.2 Å². The number of halogens is 2. The number of amides is 3. The van der Waals surface area contributed by atoms with Crippen LogP contribution in [0.15, 0.2) is 67.1 Å². The second-order valence-corrected chi connectivity index (χ2v) is 18.0. The van der Waals surface area contributed by atoms with Crippen molar-refractivity contribution in [2.75, 3.05) is 74.3 Å². The first-order chi connectivity index (χ1) is 31.3. The predicted octanol–water partition coefficient (Wildman–Crippen LogP) is 4.50. The summed E-state index contributed by atoms with van der Waals surface area (Å²) in [4.78, 5) is 52.5. The first-order valence-corrected chi connectivity index (χ1v) is 22.8. The van der Waals surface area contributed by atoms with Gasteiger partial charge in [0.2, 0.25) is 17.7 Å². The number of carbonyl (C=O) groups excluding carboxylic acids is 3.